The molecular formula is C12H14BrNO3. The van der Waals surface area contributed by atoms with Crippen LogP contribution in [0.3, 0.4) is 0 Å². The number of carbonyl (C=O) groups is 2. The number of carboxylic acid groups (broad SMARTS) is 1. The van der Waals surface area contributed by atoms with Gasteiger partial charge in [0, 0.05) is 17.8 Å². The van der Waals surface area contributed by atoms with E-state index < -0.39 is 5.97 Å². The molecule has 1 rings (SSSR count). The highest BCUT2D eigenvalue weighted by Crippen LogP contribution is 2.20. The first kappa shape index (κ1) is 13.7. The van der Waals surface area contributed by atoms with E-state index in [2.05, 4.69) is 21.2 Å². The summed E-state index contributed by atoms with van der Waals surface area (Å²) in [5.74, 6) is -1.03. The van der Waals surface area contributed by atoms with Crippen LogP contribution in [-0.2, 0) is 9.59 Å². The predicted octanol–water partition coefficient (Wildman–Crippen LogP) is 2.49. The van der Waals surface area contributed by atoms with Crippen molar-refractivity contribution >= 4 is 27.8 Å². The molecule has 0 radical (unpaired) electrons. The van der Waals surface area contributed by atoms with E-state index in [0.717, 1.165) is 10.0 Å². The third-order valence-corrected chi connectivity index (χ3v) is 2.83. The van der Waals surface area contributed by atoms with Gasteiger partial charge in [0.1, 0.15) is 0 Å². The molecule has 0 bridgehead atoms. The van der Waals surface area contributed by atoms with Crippen molar-refractivity contribution in [1.29, 1.82) is 0 Å². The SMILES string of the molecule is CC(=O)NC(CCC(=O)O)c1ccc(Br)cc1. The number of aliphatic carboxylic acids is 1. The standard InChI is InChI=1S/C12H14BrNO3/c1-8(15)14-11(6-7-12(16)17)9-2-4-10(13)5-3-9/h2-5,11H,6-7H2,1H3,(H,14,15)(H,16,17). The molecule has 0 heterocycles. The van der Waals surface area contributed by atoms with Crippen LogP contribution in [0.4, 0.5) is 0 Å². The summed E-state index contributed by atoms with van der Waals surface area (Å²) in [7, 11) is 0. The van der Waals surface area contributed by atoms with Crippen molar-refractivity contribution in [2.75, 3.05) is 0 Å². The quantitative estimate of drug-likeness (QED) is 0.878. The van der Waals surface area contributed by atoms with Crippen molar-refractivity contribution in [3.63, 3.8) is 0 Å². The normalized spacial score (nSPS) is 11.9. The number of hydrogen-bond donors (Lipinski definition) is 2. The smallest absolute Gasteiger partial charge is 0.303 e. The number of rotatable bonds is 5. The van der Waals surface area contributed by atoms with Crippen LogP contribution in [0.5, 0.6) is 0 Å². The summed E-state index contributed by atoms with van der Waals surface area (Å²) in [4.78, 5) is 21.6. The van der Waals surface area contributed by atoms with Gasteiger partial charge < -0.3 is 10.4 Å². The summed E-state index contributed by atoms with van der Waals surface area (Å²) in [5, 5.41) is 11.4. The summed E-state index contributed by atoms with van der Waals surface area (Å²) in [6.45, 7) is 1.42. The van der Waals surface area contributed by atoms with Crippen LogP contribution in [0, 0.1) is 0 Å². The van der Waals surface area contributed by atoms with Gasteiger partial charge in [-0.05, 0) is 24.1 Å². The fourth-order valence-corrected chi connectivity index (χ4v) is 1.79. The average Bonchev–Trinajstić information content (AvgIpc) is 2.25. The molecule has 92 valence electrons. The predicted molar refractivity (Wildman–Crippen MR) is 67.6 cm³/mol. The molecule has 1 unspecified atom stereocenters. The van der Waals surface area contributed by atoms with Crippen molar-refractivity contribution in [2.24, 2.45) is 0 Å². The van der Waals surface area contributed by atoms with E-state index in [1.54, 1.807) is 0 Å². The number of halogens is 1. The summed E-state index contributed by atoms with van der Waals surface area (Å²) in [6.07, 6.45) is 0.414. The molecule has 1 atom stereocenters. The van der Waals surface area contributed by atoms with Crippen LogP contribution in [0.25, 0.3) is 0 Å². The van der Waals surface area contributed by atoms with Gasteiger partial charge in [0.15, 0.2) is 0 Å². The van der Waals surface area contributed by atoms with Crippen LogP contribution >= 0.6 is 15.9 Å². The Balaban J connectivity index is 2.77. The lowest BCUT2D eigenvalue weighted by Gasteiger charge is -2.17. The third kappa shape index (κ3) is 4.99. The number of carboxylic acids is 1. The fraction of sp³-hybridized carbons (Fsp3) is 0.333. The van der Waals surface area contributed by atoms with Gasteiger partial charge in [0.25, 0.3) is 0 Å². The molecule has 5 heteroatoms. The maximum atomic E-state index is 11.1. The minimum absolute atomic E-state index is 0.0288. The fourth-order valence-electron chi connectivity index (χ4n) is 1.53. The minimum atomic E-state index is -0.863. The van der Waals surface area contributed by atoms with E-state index in [1.165, 1.54) is 6.92 Å². The zero-order valence-electron chi connectivity index (χ0n) is 9.44. The lowest BCUT2D eigenvalue weighted by molar-refractivity contribution is -0.137. The Kier molecular flexibility index (Phi) is 5.15. The van der Waals surface area contributed by atoms with Gasteiger partial charge in [0.2, 0.25) is 5.91 Å². The number of carbonyl (C=O) groups excluding carboxylic acids is 1. The van der Waals surface area contributed by atoms with Gasteiger partial charge in [0.05, 0.1) is 6.04 Å². The summed E-state index contributed by atoms with van der Waals surface area (Å²) >= 11 is 3.33. The molecule has 0 aromatic heterocycles. The minimum Gasteiger partial charge on any atom is -0.481 e. The molecule has 0 aliphatic carbocycles. The molecule has 1 aromatic rings. The molecule has 0 aliphatic heterocycles. The highest BCUT2D eigenvalue weighted by atomic mass is 79.9. The second kappa shape index (κ2) is 6.39. The summed E-state index contributed by atoms with van der Waals surface area (Å²) in [6, 6.07) is 7.21. The van der Waals surface area contributed by atoms with Gasteiger partial charge in [-0.2, -0.15) is 0 Å². The summed E-state index contributed by atoms with van der Waals surface area (Å²) < 4.78 is 0.945. The lowest BCUT2D eigenvalue weighted by Crippen LogP contribution is -2.26. The molecule has 0 aliphatic rings. The number of hydrogen-bond acceptors (Lipinski definition) is 2. The van der Waals surface area contributed by atoms with Gasteiger partial charge in [-0.3, -0.25) is 9.59 Å². The number of nitrogens with one attached hydrogen (secondary N) is 1. The summed E-state index contributed by atoms with van der Waals surface area (Å²) in [5.41, 5.74) is 0.907. The molecule has 1 aromatic carbocycles. The number of benzene rings is 1. The number of amides is 1. The molecule has 0 fully saturated rings. The van der Waals surface area contributed by atoms with Crippen molar-refractivity contribution < 1.29 is 14.7 Å². The molecule has 2 N–H and O–H groups in total. The van der Waals surface area contributed by atoms with Gasteiger partial charge in [-0.1, -0.05) is 28.1 Å². The zero-order chi connectivity index (χ0) is 12.8. The molecule has 0 saturated heterocycles. The van der Waals surface area contributed by atoms with E-state index in [4.69, 9.17) is 5.11 Å². The van der Waals surface area contributed by atoms with E-state index in [0.29, 0.717) is 6.42 Å². The average molecular weight is 300 g/mol. The second-order valence-corrected chi connectivity index (χ2v) is 4.65. The molecule has 1 amide bonds. The Morgan fingerprint density at radius 1 is 1.35 bits per heavy atom. The first-order valence-electron chi connectivity index (χ1n) is 5.23. The van der Waals surface area contributed by atoms with Crippen LogP contribution in [0.15, 0.2) is 28.7 Å². The van der Waals surface area contributed by atoms with E-state index in [-0.39, 0.29) is 18.4 Å². The van der Waals surface area contributed by atoms with Crippen LogP contribution in [0.1, 0.15) is 31.4 Å². The highest BCUT2D eigenvalue weighted by molar-refractivity contribution is 9.10. The molecular weight excluding hydrogens is 286 g/mol. The first-order chi connectivity index (χ1) is 7.99. The van der Waals surface area contributed by atoms with Gasteiger partial charge in [-0.15, -0.1) is 0 Å². The highest BCUT2D eigenvalue weighted by Gasteiger charge is 2.14. The second-order valence-electron chi connectivity index (χ2n) is 3.74. The largest absolute Gasteiger partial charge is 0.481 e. The van der Waals surface area contributed by atoms with Crippen LogP contribution in [0.2, 0.25) is 0 Å². The van der Waals surface area contributed by atoms with Crippen molar-refractivity contribution in [1.82, 2.24) is 5.32 Å². The Bertz CT molecular complexity index is 403. The van der Waals surface area contributed by atoms with E-state index >= 15 is 0 Å². The van der Waals surface area contributed by atoms with E-state index in [1.807, 2.05) is 24.3 Å². The first-order valence-corrected chi connectivity index (χ1v) is 6.02. The zero-order valence-corrected chi connectivity index (χ0v) is 11.0. The third-order valence-electron chi connectivity index (χ3n) is 2.30. The van der Waals surface area contributed by atoms with Crippen molar-refractivity contribution in [2.45, 2.75) is 25.8 Å². The van der Waals surface area contributed by atoms with Crippen molar-refractivity contribution in [3.8, 4) is 0 Å². The Morgan fingerprint density at radius 3 is 2.41 bits per heavy atom. The molecule has 0 spiro atoms. The van der Waals surface area contributed by atoms with Gasteiger partial charge in [-0.25, -0.2) is 0 Å². The van der Waals surface area contributed by atoms with Crippen molar-refractivity contribution in [3.05, 3.63) is 34.3 Å². The lowest BCUT2D eigenvalue weighted by atomic mass is 10.0. The van der Waals surface area contributed by atoms with Crippen LogP contribution < -0.4 is 5.32 Å². The topological polar surface area (TPSA) is 66.4 Å². The Labute approximate surface area is 108 Å². The van der Waals surface area contributed by atoms with Gasteiger partial charge >= 0.3 is 5.97 Å². The van der Waals surface area contributed by atoms with E-state index in [9.17, 15) is 9.59 Å². The molecule has 4 nitrogen and oxygen atoms in total. The Hall–Kier alpha value is -1.36. The van der Waals surface area contributed by atoms with Crippen LogP contribution in [-0.4, -0.2) is 17.0 Å². The monoisotopic (exact) mass is 299 g/mol. The maximum absolute atomic E-state index is 11.1. The molecule has 0 saturated carbocycles. The molecule has 17 heavy (non-hydrogen) atoms. The Morgan fingerprint density at radius 2 is 1.94 bits per heavy atom. The maximum Gasteiger partial charge on any atom is 0.303 e.